The zero-order valence-electron chi connectivity index (χ0n) is 9.45. The third-order valence-electron chi connectivity index (χ3n) is 2.77. The van der Waals surface area contributed by atoms with Gasteiger partial charge in [-0.3, -0.25) is 0 Å². The molecule has 4 atom stereocenters. The smallest absolute Gasteiger partial charge is 0.343 e. The maximum atomic E-state index is 11.4. The summed E-state index contributed by atoms with van der Waals surface area (Å²) < 4.78 is 9.97. The summed E-state index contributed by atoms with van der Waals surface area (Å²) >= 11 is 0. The first-order valence-corrected chi connectivity index (χ1v) is 5.24. The van der Waals surface area contributed by atoms with E-state index in [-0.39, 0.29) is 11.3 Å². The highest BCUT2D eigenvalue weighted by Crippen LogP contribution is 2.39. The minimum Gasteiger partial charge on any atom is -0.480 e. The fourth-order valence-electron chi connectivity index (χ4n) is 1.95. The van der Waals surface area contributed by atoms with Crippen LogP contribution in [0.2, 0.25) is 0 Å². The van der Waals surface area contributed by atoms with Crippen molar-refractivity contribution >= 4 is 5.97 Å². The first kappa shape index (κ1) is 12.1. The Kier molecular flexibility index (Phi) is 2.73. The molecule has 0 radical (unpaired) electrons. The molecule has 0 aromatic rings. The van der Waals surface area contributed by atoms with E-state index in [1.165, 1.54) is 13.0 Å². The van der Waals surface area contributed by atoms with Crippen LogP contribution >= 0.6 is 0 Å². The van der Waals surface area contributed by atoms with E-state index in [1.807, 2.05) is 0 Å². The predicted octanol–water partition coefficient (Wildman–Crippen LogP) is -0.798. The van der Waals surface area contributed by atoms with Crippen molar-refractivity contribution in [2.45, 2.75) is 37.9 Å². The summed E-state index contributed by atoms with van der Waals surface area (Å²) in [5.41, 5.74) is -0.219. The second-order valence-electron chi connectivity index (χ2n) is 4.16. The molecule has 2 aliphatic rings. The highest BCUT2D eigenvalue weighted by atomic mass is 16.7. The van der Waals surface area contributed by atoms with Crippen molar-refractivity contribution in [2.75, 3.05) is 0 Å². The number of esters is 1. The highest BCUT2D eigenvalue weighted by Gasteiger charge is 2.53. The number of hydrogen-bond donors (Lipinski definition) is 3. The van der Waals surface area contributed by atoms with E-state index in [0.29, 0.717) is 0 Å². The van der Waals surface area contributed by atoms with Crippen molar-refractivity contribution in [1.29, 1.82) is 0 Å². The van der Waals surface area contributed by atoms with Crippen molar-refractivity contribution < 1.29 is 29.6 Å². The van der Waals surface area contributed by atoms with Crippen LogP contribution < -0.4 is 0 Å². The van der Waals surface area contributed by atoms with Gasteiger partial charge >= 0.3 is 5.97 Å². The van der Waals surface area contributed by atoms with Crippen LogP contribution in [-0.2, 0) is 14.3 Å². The monoisotopic (exact) mass is 242 g/mol. The van der Waals surface area contributed by atoms with E-state index in [4.69, 9.17) is 4.74 Å². The van der Waals surface area contributed by atoms with E-state index in [9.17, 15) is 20.1 Å². The zero-order chi connectivity index (χ0) is 12.8. The Labute approximate surface area is 97.8 Å². The zero-order valence-corrected chi connectivity index (χ0v) is 9.45. The summed E-state index contributed by atoms with van der Waals surface area (Å²) in [5.74, 6) is -2.91. The van der Waals surface area contributed by atoms with Crippen LogP contribution in [0.1, 0.15) is 13.8 Å². The van der Waals surface area contributed by atoms with Gasteiger partial charge in [-0.05, 0) is 13.0 Å². The van der Waals surface area contributed by atoms with Gasteiger partial charge in [0.15, 0.2) is 5.76 Å². The Balaban J connectivity index is 2.43. The number of carbonyl (C=O) groups is 1. The number of hydrogen-bond acceptors (Lipinski definition) is 6. The number of rotatable bonds is 1. The largest absolute Gasteiger partial charge is 0.480 e. The molecule has 0 spiro atoms. The van der Waals surface area contributed by atoms with Gasteiger partial charge in [0.2, 0.25) is 0 Å². The van der Waals surface area contributed by atoms with Crippen LogP contribution in [0.15, 0.2) is 23.5 Å². The van der Waals surface area contributed by atoms with Gasteiger partial charge < -0.3 is 24.8 Å². The lowest BCUT2D eigenvalue weighted by atomic mass is 9.95. The van der Waals surface area contributed by atoms with Crippen LogP contribution in [0.25, 0.3) is 0 Å². The second-order valence-corrected chi connectivity index (χ2v) is 4.16. The number of aliphatic hydroxyl groups is 3. The maximum absolute atomic E-state index is 11.4. The number of aliphatic hydroxyl groups excluding tert-OH is 2. The SMILES string of the molecule is C/C=C/[C@H]1OC2=C(C(=O)O[C@]2(C)O)[C@@H](O)[C@@H]1O. The lowest BCUT2D eigenvalue weighted by Crippen LogP contribution is -2.45. The van der Waals surface area contributed by atoms with E-state index >= 15 is 0 Å². The molecule has 3 N–H and O–H groups in total. The lowest BCUT2D eigenvalue weighted by molar-refractivity contribution is -0.187. The highest BCUT2D eigenvalue weighted by molar-refractivity contribution is 5.93. The maximum Gasteiger partial charge on any atom is 0.343 e. The molecule has 94 valence electrons. The van der Waals surface area contributed by atoms with Gasteiger partial charge in [-0.15, -0.1) is 0 Å². The quantitative estimate of drug-likeness (QED) is 0.411. The average Bonchev–Trinajstić information content (AvgIpc) is 2.45. The fourth-order valence-corrected chi connectivity index (χ4v) is 1.95. The fraction of sp³-hybridized carbons (Fsp3) is 0.545. The molecule has 6 nitrogen and oxygen atoms in total. The molecule has 2 aliphatic heterocycles. The van der Waals surface area contributed by atoms with Crippen LogP contribution in [0.5, 0.6) is 0 Å². The molecule has 0 aromatic carbocycles. The van der Waals surface area contributed by atoms with E-state index in [2.05, 4.69) is 4.74 Å². The van der Waals surface area contributed by atoms with Gasteiger partial charge in [0.25, 0.3) is 5.79 Å². The average molecular weight is 242 g/mol. The predicted molar refractivity (Wildman–Crippen MR) is 55.4 cm³/mol. The lowest BCUT2D eigenvalue weighted by Gasteiger charge is -2.32. The van der Waals surface area contributed by atoms with Gasteiger partial charge in [-0.2, -0.15) is 0 Å². The summed E-state index contributed by atoms with van der Waals surface area (Å²) in [6.45, 7) is 2.96. The minimum absolute atomic E-state index is 0.136. The molecule has 0 saturated carbocycles. The normalized spacial score (nSPS) is 41.5. The molecule has 0 bridgehead atoms. The molecule has 0 saturated heterocycles. The minimum atomic E-state index is -1.90. The number of carbonyl (C=O) groups excluding carboxylic acids is 1. The molecule has 17 heavy (non-hydrogen) atoms. The number of ether oxygens (including phenoxy) is 2. The molecule has 0 amide bonds. The van der Waals surface area contributed by atoms with E-state index < -0.39 is 30.1 Å². The van der Waals surface area contributed by atoms with Crippen molar-refractivity contribution in [3.8, 4) is 0 Å². The summed E-state index contributed by atoms with van der Waals surface area (Å²) in [6.07, 6.45) is -0.364. The topological polar surface area (TPSA) is 96.2 Å². The Hall–Kier alpha value is -1.37. The summed E-state index contributed by atoms with van der Waals surface area (Å²) in [5, 5.41) is 29.4. The van der Waals surface area contributed by atoms with E-state index in [0.717, 1.165) is 0 Å². The third-order valence-corrected chi connectivity index (χ3v) is 2.77. The number of cyclic esters (lactones) is 1. The third kappa shape index (κ3) is 1.74. The standard InChI is InChI=1S/C11H14O6/c1-3-4-5-7(12)8(13)6-9(16-5)11(2,15)17-10(6)14/h3-5,7-8,12-13,15H,1-2H3/b4-3+/t5-,7-,8-,11+/m1/s1. The van der Waals surface area contributed by atoms with Gasteiger partial charge in [0, 0.05) is 6.92 Å². The first-order valence-electron chi connectivity index (χ1n) is 5.24. The van der Waals surface area contributed by atoms with Gasteiger partial charge in [0.1, 0.15) is 23.9 Å². The second kappa shape index (κ2) is 3.83. The summed E-state index contributed by atoms with van der Waals surface area (Å²) in [6, 6.07) is 0. The number of allylic oxidation sites excluding steroid dienone is 1. The van der Waals surface area contributed by atoms with Crippen LogP contribution in [0.3, 0.4) is 0 Å². The summed E-state index contributed by atoms with van der Waals surface area (Å²) in [4.78, 5) is 11.4. The molecule has 2 rings (SSSR count). The van der Waals surface area contributed by atoms with Crippen molar-refractivity contribution in [3.63, 3.8) is 0 Å². The molecule has 0 fully saturated rings. The van der Waals surface area contributed by atoms with Crippen LogP contribution in [0.4, 0.5) is 0 Å². The molecule has 0 unspecified atom stereocenters. The van der Waals surface area contributed by atoms with Gasteiger partial charge in [0.05, 0.1) is 0 Å². The Morgan fingerprint density at radius 3 is 2.65 bits per heavy atom. The molecule has 0 aromatic heterocycles. The molecular weight excluding hydrogens is 228 g/mol. The molecule has 6 heteroatoms. The van der Waals surface area contributed by atoms with Crippen LogP contribution in [0, 0.1) is 0 Å². The van der Waals surface area contributed by atoms with Crippen LogP contribution in [-0.4, -0.2) is 45.4 Å². The first-order chi connectivity index (χ1) is 7.88. The molecule has 2 heterocycles. The van der Waals surface area contributed by atoms with Crippen molar-refractivity contribution in [2.24, 2.45) is 0 Å². The van der Waals surface area contributed by atoms with Crippen molar-refractivity contribution in [3.05, 3.63) is 23.5 Å². The Morgan fingerprint density at radius 1 is 1.41 bits per heavy atom. The van der Waals surface area contributed by atoms with E-state index in [1.54, 1.807) is 13.0 Å². The van der Waals surface area contributed by atoms with Gasteiger partial charge in [-0.25, -0.2) is 4.79 Å². The Morgan fingerprint density at radius 2 is 2.06 bits per heavy atom. The van der Waals surface area contributed by atoms with Crippen molar-refractivity contribution in [1.82, 2.24) is 0 Å². The molecule has 0 aliphatic carbocycles. The molecular formula is C11H14O6. The van der Waals surface area contributed by atoms with Gasteiger partial charge in [-0.1, -0.05) is 6.08 Å². The Bertz CT molecular complexity index is 408. The summed E-state index contributed by atoms with van der Waals surface area (Å²) in [7, 11) is 0.